The molecule has 2 N–H and O–H groups in total. The van der Waals surface area contributed by atoms with Crippen molar-refractivity contribution in [2.24, 2.45) is 0 Å². The average Bonchev–Trinajstić information content (AvgIpc) is 3.44. The summed E-state index contributed by atoms with van der Waals surface area (Å²) in [7, 11) is -7.92. The number of alkyl halides is 3. The predicted molar refractivity (Wildman–Crippen MR) is 310 cm³/mol. The predicted octanol–water partition coefficient (Wildman–Crippen LogP) is 9.76. The number of nitrogens with zero attached hydrogens (tertiary/aromatic N) is 9. The van der Waals surface area contributed by atoms with Crippen LogP contribution in [-0.4, -0.2) is 131 Å². The number of carbonyl (C=O) groups is 2. The van der Waals surface area contributed by atoms with Gasteiger partial charge in [-0.2, -0.15) is 13.2 Å². The molecular formula is C55H68Cl2F3N11O6S2. The van der Waals surface area contributed by atoms with Gasteiger partial charge >= 0.3 is 6.18 Å². The van der Waals surface area contributed by atoms with Crippen LogP contribution in [0.5, 0.6) is 0 Å². The quantitative estimate of drug-likeness (QED) is 0.118. The SMILES string of the molecule is C[C@H](C(=O)N1CCN(c2ccc(S(=O)(=O)Nc3cccc(C(F)(F)F)n3)cc2)CC1)N1CCCc2cc(Cl)ccc21.Cc1nccc(NS(=O)(=O)c2ccc(N3CCN(C(=O)[C@@H](C)N4CCCc5cc(Cl)ccc54)CC3)cc2)n1.[HH].[HH].[HH].[HH]. The minimum atomic E-state index is -4.69. The molecule has 2 fully saturated rings. The van der Waals surface area contributed by atoms with Crippen LogP contribution < -0.4 is 29.0 Å². The lowest BCUT2D eigenvalue weighted by molar-refractivity contribution is -0.141. The second-order valence-corrected chi connectivity index (χ2v) is 23.9. The normalized spacial score (nSPS) is 16.7. The van der Waals surface area contributed by atoms with E-state index in [2.05, 4.69) is 44.0 Å². The van der Waals surface area contributed by atoms with Gasteiger partial charge in [-0.15, -0.1) is 0 Å². The Bertz CT molecular complexity index is 3430. The zero-order chi connectivity index (χ0) is 56.2. The summed E-state index contributed by atoms with van der Waals surface area (Å²) in [6.07, 6.45) is 0.682. The van der Waals surface area contributed by atoms with E-state index in [0.29, 0.717) is 63.2 Å². The van der Waals surface area contributed by atoms with E-state index in [1.807, 2.05) is 60.0 Å². The molecule has 2 amide bonds. The van der Waals surface area contributed by atoms with Gasteiger partial charge in [0.05, 0.1) is 9.79 Å². The molecule has 24 heteroatoms. The van der Waals surface area contributed by atoms with Crippen molar-refractivity contribution in [1.82, 2.24) is 24.8 Å². The third-order valence-corrected chi connectivity index (χ3v) is 17.8. The first kappa shape index (κ1) is 56.8. The number of halogens is 5. The molecule has 0 spiro atoms. The Morgan fingerprint density at radius 1 is 0.582 bits per heavy atom. The number of carbonyl (C=O) groups excluding carboxylic acids is 2. The van der Waals surface area contributed by atoms with Gasteiger partial charge in [0.2, 0.25) is 11.8 Å². The molecule has 79 heavy (non-hydrogen) atoms. The zero-order valence-electron chi connectivity index (χ0n) is 43.7. The number of aryl methyl sites for hydroxylation is 3. The molecular weight excluding hydrogens is 1100 g/mol. The van der Waals surface area contributed by atoms with Crippen molar-refractivity contribution < 1.29 is 45.3 Å². The summed E-state index contributed by atoms with van der Waals surface area (Å²) in [6.45, 7) is 12.0. The molecule has 17 nitrogen and oxygen atoms in total. The van der Waals surface area contributed by atoms with Crippen LogP contribution in [-0.2, 0) is 48.7 Å². The van der Waals surface area contributed by atoms with E-state index in [1.54, 1.807) is 43.3 Å². The van der Waals surface area contributed by atoms with E-state index in [4.69, 9.17) is 23.2 Å². The fourth-order valence-electron chi connectivity index (χ4n) is 10.4. The third-order valence-electron chi connectivity index (χ3n) is 14.5. The van der Waals surface area contributed by atoms with Crippen LogP contribution in [0.1, 0.15) is 55.0 Å². The summed E-state index contributed by atoms with van der Waals surface area (Å²) < 4.78 is 94.4. The Balaban J connectivity index is 0.000000291. The smallest absolute Gasteiger partial charge is 0.368 e. The van der Waals surface area contributed by atoms with E-state index >= 15 is 0 Å². The highest BCUT2D eigenvalue weighted by Crippen LogP contribution is 2.34. The molecule has 2 aromatic heterocycles. The Morgan fingerprint density at radius 3 is 1.43 bits per heavy atom. The molecule has 6 heterocycles. The molecule has 2 saturated heterocycles. The molecule has 4 aliphatic rings. The van der Waals surface area contributed by atoms with Crippen molar-refractivity contribution >= 4 is 89.4 Å². The fraction of sp³-hybridized carbons (Fsp3) is 0.364. The Hall–Kier alpha value is -6.88. The molecule has 4 aromatic carbocycles. The molecule has 0 saturated carbocycles. The lowest BCUT2D eigenvalue weighted by Crippen LogP contribution is -2.55. The highest BCUT2D eigenvalue weighted by Gasteiger charge is 2.35. The van der Waals surface area contributed by atoms with Crippen LogP contribution in [0.4, 0.5) is 47.6 Å². The molecule has 0 radical (unpaired) electrons. The maximum atomic E-state index is 13.4. The minimum Gasteiger partial charge on any atom is -0.368 e. The average molecular weight is 1170 g/mol. The van der Waals surface area contributed by atoms with E-state index in [-0.39, 0.29) is 45.2 Å². The molecule has 6 aromatic rings. The highest BCUT2D eigenvalue weighted by molar-refractivity contribution is 7.93. The Morgan fingerprint density at radius 2 is 1.01 bits per heavy atom. The van der Waals surface area contributed by atoms with E-state index < -0.39 is 37.7 Å². The summed E-state index contributed by atoms with van der Waals surface area (Å²) in [5.41, 5.74) is 5.01. The van der Waals surface area contributed by atoms with Gasteiger partial charge in [0, 0.05) is 110 Å². The highest BCUT2D eigenvalue weighted by atomic mass is 35.5. The van der Waals surface area contributed by atoms with Crippen molar-refractivity contribution in [3.05, 3.63) is 148 Å². The van der Waals surface area contributed by atoms with E-state index in [0.717, 1.165) is 90.3 Å². The number of aromatic nitrogens is 3. The number of nitrogens with one attached hydrogen (secondary N) is 2. The number of anilines is 6. The number of amides is 2. The van der Waals surface area contributed by atoms with Crippen LogP contribution in [0.2, 0.25) is 10.0 Å². The van der Waals surface area contributed by atoms with E-state index in [1.165, 1.54) is 30.0 Å². The summed E-state index contributed by atoms with van der Waals surface area (Å²) in [5, 5.41) is 1.42. The molecule has 0 bridgehead atoms. The maximum Gasteiger partial charge on any atom is 0.433 e. The van der Waals surface area contributed by atoms with Gasteiger partial charge in [0.25, 0.3) is 20.0 Å². The van der Waals surface area contributed by atoms with Crippen LogP contribution in [0.25, 0.3) is 0 Å². The summed E-state index contributed by atoms with van der Waals surface area (Å²) in [6, 6.07) is 28.5. The Kier molecular flexibility index (Phi) is 17.1. The minimum absolute atomic E-state index is 0. The van der Waals surface area contributed by atoms with Crippen molar-refractivity contribution in [3.63, 3.8) is 0 Å². The molecule has 426 valence electrons. The summed E-state index contributed by atoms with van der Waals surface area (Å²) in [4.78, 5) is 50.7. The lowest BCUT2D eigenvalue weighted by Gasteiger charge is -2.41. The largest absolute Gasteiger partial charge is 0.433 e. The van der Waals surface area contributed by atoms with Gasteiger partial charge in [0.1, 0.15) is 35.2 Å². The van der Waals surface area contributed by atoms with Gasteiger partial charge in [0.15, 0.2) is 0 Å². The summed E-state index contributed by atoms with van der Waals surface area (Å²) >= 11 is 12.4. The number of benzene rings is 4. The second-order valence-electron chi connectivity index (χ2n) is 19.7. The number of pyridine rings is 1. The topological polar surface area (TPSA) is 185 Å². The van der Waals surface area contributed by atoms with Crippen LogP contribution in [0.15, 0.2) is 125 Å². The molecule has 10 rings (SSSR count). The number of hydrogen-bond donors (Lipinski definition) is 2. The van der Waals surface area contributed by atoms with Crippen molar-refractivity contribution in [3.8, 4) is 0 Å². The maximum absolute atomic E-state index is 13.4. The van der Waals surface area contributed by atoms with Crippen molar-refractivity contribution in [2.75, 3.05) is 94.5 Å². The standard InChI is InChI=1S/C28H29ClF3N5O3S.C27H31ClN6O3S.4H2/c1-19(37-13-3-4-20-18-21(29)7-12-24(20)37)27(38)36-16-14-35(15-17-36)22-8-10-23(11-9-22)41(39,40)34-26-6-2-5-25(33-26)28(30,31)32;1-19(34-13-3-4-21-18-22(28)5-10-25(21)34)27(35)33-16-14-32(15-17-33)23-6-8-24(9-7-23)38(36,37)31-26-11-12-29-20(2)30-26;;;;/h2,5-12,18-19H,3-4,13-17H2,1H3,(H,33,34);5-12,18-19H,3-4,13-17H2,1-2H3,(H,29,30,31);4*1H/t2*19-;;;;/m11..../s1. The number of rotatable bonds is 12. The number of hydrogen-bond acceptors (Lipinski definition) is 13. The fourth-order valence-corrected chi connectivity index (χ4v) is 12.8. The molecule has 0 unspecified atom stereocenters. The second kappa shape index (κ2) is 23.8. The van der Waals surface area contributed by atoms with Crippen LogP contribution in [0.3, 0.4) is 0 Å². The van der Waals surface area contributed by atoms with Gasteiger partial charge in [-0.05, 0) is 161 Å². The van der Waals surface area contributed by atoms with Gasteiger partial charge in [-0.3, -0.25) is 19.0 Å². The Labute approximate surface area is 474 Å². The molecule has 0 aliphatic carbocycles. The number of fused-ring (bicyclic) bond motifs is 2. The lowest BCUT2D eigenvalue weighted by atomic mass is 10.00. The van der Waals surface area contributed by atoms with Gasteiger partial charge < -0.3 is 29.4 Å². The van der Waals surface area contributed by atoms with Gasteiger partial charge in [-0.1, -0.05) is 29.3 Å². The van der Waals surface area contributed by atoms with E-state index in [9.17, 15) is 39.6 Å². The number of piperazine rings is 2. The monoisotopic (exact) mass is 1170 g/mol. The van der Waals surface area contributed by atoms with Crippen LogP contribution >= 0.6 is 23.2 Å². The molecule has 2 atom stereocenters. The van der Waals surface area contributed by atoms with Crippen molar-refractivity contribution in [1.29, 1.82) is 0 Å². The van der Waals surface area contributed by atoms with Crippen molar-refractivity contribution in [2.45, 2.75) is 74.5 Å². The third kappa shape index (κ3) is 13.4. The molecule has 4 aliphatic heterocycles. The summed E-state index contributed by atoms with van der Waals surface area (Å²) in [5.74, 6) is 0.477. The first-order valence-corrected chi connectivity index (χ1v) is 29.6. The first-order valence-electron chi connectivity index (χ1n) is 25.9. The van der Waals surface area contributed by atoms with Crippen LogP contribution in [0, 0.1) is 6.92 Å². The number of sulfonamides is 2. The van der Waals surface area contributed by atoms with Gasteiger partial charge in [-0.25, -0.2) is 31.8 Å². The first-order chi connectivity index (χ1) is 37.6. The zero-order valence-corrected chi connectivity index (χ0v) is 46.8.